The van der Waals surface area contributed by atoms with Crippen molar-refractivity contribution in [2.45, 2.75) is 32.4 Å². The highest BCUT2D eigenvalue weighted by atomic mass is 32.1. The first-order chi connectivity index (χ1) is 8.02. The Bertz CT molecular complexity index is 470. The van der Waals surface area contributed by atoms with Crippen molar-refractivity contribution in [3.63, 3.8) is 0 Å². The molecule has 0 N–H and O–H groups in total. The van der Waals surface area contributed by atoms with E-state index < -0.39 is 11.7 Å². The van der Waals surface area contributed by atoms with Crippen LogP contribution in [0.4, 0.5) is 13.2 Å². The van der Waals surface area contributed by atoms with Crippen LogP contribution in [0, 0.1) is 0 Å². The molecule has 0 spiro atoms. The van der Waals surface area contributed by atoms with Gasteiger partial charge in [0.15, 0.2) is 0 Å². The van der Waals surface area contributed by atoms with Gasteiger partial charge in [-0.3, -0.25) is 0 Å². The molecule has 1 aliphatic heterocycles. The molecule has 1 heterocycles. The SMILES string of the molecule is CCCCc1ccc2cc(C(F)(F)F)csc1-2. The van der Waals surface area contributed by atoms with E-state index in [1.807, 2.05) is 6.07 Å². The van der Waals surface area contributed by atoms with Crippen molar-refractivity contribution in [2.75, 3.05) is 0 Å². The number of rotatable bonds is 3. The summed E-state index contributed by atoms with van der Waals surface area (Å²) in [4.78, 5) is 0.992. The van der Waals surface area contributed by atoms with E-state index in [-0.39, 0.29) is 0 Å². The molecule has 2 aliphatic rings. The molecular weight excluding hydrogens is 245 g/mol. The minimum absolute atomic E-state index is 0.553. The number of hydrogen-bond acceptors (Lipinski definition) is 1. The van der Waals surface area contributed by atoms with Gasteiger partial charge in [-0.05, 0) is 30.0 Å². The van der Waals surface area contributed by atoms with E-state index in [1.54, 1.807) is 6.07 Å². The van der Waals surface area contributed by atoms with Crippen molar-refractivity contribution in [1.82, 2.24) is 0 Å². The molecule has 17 heavy (non-hydrogen) atoms. The molecule has 0 aromatic carbocycles. The van der Waals surface area contributed by atoms with Gasteiger partial charge in [0.25, 0.3) is 0 Å². The van der Waals surface area contributed by atoms with Gasteiger partial charge in [-0.2, -0.15) is 13.2 Å². The Morgan fingerprint density at radius 3 is 2.65 bits per heavy atom. The van der Waals surface area contributed by atoms with Gasteiger partial charge in [0.2, 0.25) is 0 Å². The van der Waals surface area contributed by atoms with E-state index in [1.165, 1.54) is 28.3 Å². The summed E-state index contributed by atoms with van der Waals surface area (Å²) in [6, 6.07) is 4.96. The second kappa shape index (κ2) is 4.69. The predicted molar refractivity (Wildman–Crippen MR) is 64.6 cm³/mol. The Hall–Kier alpha value is -1.03. The van der Waals surface area contributed by atoms with Gasteiger partial charge in [-0.25, -0.2) is 0 Å². The second-order valence-corrected chi connectivity index (χ2v) is 4.96. The molecule has 0 saturated carbocycles. The van der Waals surface area contributed by atoms with Crippen LogP contribution >= 0.6 is 11.3 Å². The first-order valence-corrected chi connectivity index (χ1v) is 6.47. The van der Waals surface area contributed by atoms with Gasteiger partial charge in [-0.1, -0.05) is 25.5 Å². The van der Waals surface area contributed by atoms with Crippen LogP contribution in [0.15, 0.2) is 23.6 Å². The normalized spacial score (nSPS) is 12.2. The lowest BCUT2D eigenvalue weighted by atomic mass is 10.1. The number of hydrogen-bond donors (Lipinski definition) is 0. The largest absolute Gasteiger partial charge is 0.417 e. The minimum atomic E-state index is -4.24. The summed E-state index contributed by atoms with van der Waals surface area (Å²) in [5.74, 6) is 0. The van der Waals surface area contributed by atoms with Crippen LogP contribution in [0.1, 0.15) is 30.9 Å². The molecule has 0 radical (unpaired) electrons. The van der Waals surface area contributed by atoms with Gasteiger partial charge in [0.05, 0.1) is 5.56 Å². The van der Waals surface area contributed by atoms with Crippen molar-refractivity contribution >= 4 is 11.3 Å². The van der Waals surface area contributed by atoms with Gasteiger partial charge in [0, 0.05) is 10.3 Å². The van der Waals surface area contributed by atoms with E-state index in [2.05, 4.69) is 6.92 Å². The van der Waals surface area contributed by atoms with Crippen molar-refractivity contribution in [3.8, 4) is 10.4 Å². The van der Waals surface area contributed by atoms with Gasteiger partial charge >= 0.3 is 6.18 Å². The molecule has 92 valence electrons. The molecule has 0 fully saturated rings. The number of aryl methyl sites for hydroxylation is 1. The molecule has 2 rings (SSSR count). The Kier molecular flexibility index (Phi) is 3.43. The second-order valence-electron chi connectivity index (χ2n) is 4.08. The third-order valence-corrected chi connectivity index (χ3v) is 3.87. The van der Waals surface area contributed by atoms with E-state index in [0.717, 1.165) is 24.1 Å². The summed E-state index contributed by atoms with van der Waals surface area (Å²) in [5.41, 5.74) is 1.32. The topological polar surface area (TPSA) is 0 Å². The third kappa shape index (κ3) is 2.63. The lowest BCUT2D eigenvalue weighted by Crippen LogP contribution is -2.04. The van der Waals surface area contributed by atoms with Crippen molar-refractivity contribution in [3.05, 3.63) is 34.7 Å². The maximum Gasteiger partial charge on any atom is 0.417 e. The van der Waals surface area contributed by atoms with Gasteiger partial charge in [0.1, 0.15) is 0 Å². The predicted octanol–water partition coefficient (Wildman–Crippen LogP) is 5.21. The van der Waals surface area contributed by atoms with Crippen LogP contribution in [-0.4, -0.2) is 0 Å². The van der Waals surface area contributed by atoms with Crippen LogP contribution in [0.25, 0.3) is 10.4 Å². The fraction of sp³-hybridized carbons (Fsp3) is 0.385. The zero-order chi connectivity index (χ0) is 12.5. The van der Waals surface area contributed by atoms with Gasteiger partial charge < -0.3 is 0 Å². The first kappa shape index (κ1) is 12.4. The minimum Gasteiger partial charge on any atom is -0.166 e. The molecule has 0 unspecified atom stereocenters. The Labute approximate surface area is 102 Å². The fourth-order valence-electron chi connectivity index (χ4n) is 1.82. The lowest BCUT2D eigenvalue weighted by Gasteiger charge is -2.09. The summed E-state index contributed by atoms with van der Waals surface area (Å²) in [6.07, 6.45) is -1.13. The Balaban J connectivity index is 2.34. The zero-order valence-electron chi connectivity index (χ0n) is 9.47. The zero-order valence-corrected chi connectivity index (χ0v) is 10.3. The van der Waals surface area contributed by atoms with Crippen molar-refractivity contribution in [2.24, 2.45) is 0 Å². The molecule has 0 aromatic heterocycles. The standard InChI is InChI=1S/C13H13F3S/c1-2-3-4-9-5-6-10-7-11(13(14,15)16)8-17-12(9)10/h5-8H,2-4H2,1H3. The maximum atomic E-state index is 12.5. The van der Waals surface area contributed by atoms with Crippen LogP contribution in [0.5, 0.6) is 0 Å². The number of halogens is 3. The van der Waals surface area contributed by atoms with Gasteiger partial charge in [-0.15, -0.1) is 11.3 Å². The van der Waals surface area contributed by atoms with E-state index >= 15 is 0 Å². The van der Waals surface area contributed by atoms with Crippen LogP contribution in [0.3, 0.4) is 0 Å². The van der Waals surface area contributed by atoms with E-state index in [9.17, 15) is 13.2 Å². The van der Waals surface area contributed by atoms with Crippen molar-refractivity contribution < 1.29 is 13.2 Å². The average molecular weight is 258 g/mol. The molecule has 0 nitrogen and oxygen atoms in total. The Morgan fingerprint density at radius 2 is 2.00 bits per heavy atom. The van der Waals surface area contributed by atoms with Crippen LogP contribution in [-0.2, 0) is 12.6 Å². The van der Waals surface area contributed by atoms with Crippen molar-refractivity contribution in [1.29, 1.82) is 0 Å². The summed E-state index contributed by atoms with van der Waals surface area (Å²) in [5, 5.41) is 1.21. The highest BCUT2D eigenvalue weighted by molar-refractivity contribution is 7.13. The molecular formula is C13H13F3S. The third-order valence-electron chi connectivity index (χ3n) is 2.76. The quantitative estimate of drug-likeness (QED) is 0.708. The highest BCUT2D eigenvalue weighted by Crippen LogP contribution is 2.39. The van der Waals surface area contributed by atoms with E-state index in [0.29, 0.717) is 5.56 Å². The number of fused-ring (bicyclic) bond motifs is 1. The molecule has 0 atom stereocenters. The molecule has 1 aliphatic carbocycles. The average Bonchev–Trinajstić information content (AvgIpc) is 2.67. The number of unbranched alkanes of at least 4 members (excludes halogenated alkanes) is 1. The number of alkyl halides is 3. The lowest BCUT2D eigenvalue weighted by molar-refractivity contribution is -0.137. The Morgan fingerprint density at radius 1 is 1.24 bits per heavy atom. The smallest absolute Gasteiger partial charge is 0.166 e. The molecule has 0 amide bonds. The first-order valence-electron chi connectivity index (χ1n) is 5.59. The summed E-state index contributed by atoms with van der Waals surface area (Å²) >= 11 is 1.19. The monoisotopic (exact) mass is 258 g/mol. The molecule has 0 bridgehead atoms. The summed E-state index contributed by atoms with van der Waals surface area (Å²) < 4.78 is 37.6. The summed E-state index contributed by atoms with van der Waals surface area (Å²) in [6.45, 7) is 2.11. The summed E-state index contributed by atoms with van der Waals surface area (Å²) in [7, 11) is 0. The molecule has 4 heteroatoms. The molecule has 0 saturated heterocycles. The van der Waals surface area contributed by atoms with Crippen LogP contribution in [0.2, 0.25) is 0 Å². The fourth-order valence-corrected chi connectivity index (χ4v) is 2.85. The van der Waals surface area contributed by atoms with Crippen LogP contribution < -0.4 is 0 Å². The molecule has 0 aromatic rings. The highest BCUT2D eigenvalue weighted by Gasteiger charge is 2.31. The van der Waals surface area contributed by atoms with E-state index in [4.69, 9.17) is 0 Å². The maximum absolute atomic E-state index is 12.5.